The van der Waals surface area contributed by atoms with Gasteiger partial charge in [-0.1, -0.05) is 30.2 Å². The average Bonchev–Trinajstić information content (AvgIpc) is 2.64. The molecule has 0 spiro atoms. The first-order valence-corrected chi connectivity index (χ1v) is 9.72. The SMILES string of the molecule is NC1CCCC(C(=O)N2CCN(CC(=O)Nc3ccccc3Cl)CC2)C1. The van der Waals surface area contributed by atoms with Gasteiger partial charge in [0.25, 0.3) is 0 Å². The summed E-state index contributed by atoms with van der Waals surface area (Å²) in [6.07, 6.45) is 3.82. The van der Waals surface area contributed by atoms with Crippen molar-refractivity contribution >= 4 is 29.1 Å². The van der Waals surface area contributed by atoms with E-state index in [-0.39, 0.29) is 23.8 Å². The van der Waals surface area contributed by atoms with Gasteiger partial charge in [0.05, 0.1) is 17.3 Å². The van der Waals surface area contributed by atoms with Crippen LogP contribution in [0.25, 0.3) is 0 Å². The zero-order valence-electron chi connectivity index (χ0n) is 15.0. The number of carbonyl (C=O) groups excluding carboxylic acids is 2. The summed E-state index contributed by atoms with van der Waals surface area (Å²) in [5.41, 5.74) is 6.64. The van der Waals surface area contributed by atoms with Gasteiger partial charge in [-0.3, -0.25) is 14.5 Å². The predicted octanol–water partition coefficient (Wildman–Crippen LogP) is 1.94. The molecule has 1 saturated carbocycles. The highest BCUT2D eigenvalue weighted by Crippen LogP contribution is 2.25. The summed E-state index contributed by atoms with van der Waals surface area (Å²) in [5.74, 6) is 0.227. The topological polar surface area (TPSA) is 78.7 Å². The molecule has 2 amide bonds. The fraction of sp³-hybridized carbons (Fsp3) is 0.579. The molecule has 2 fully saturated rings. The van der Waals surface area contributed by atoms with Gasteiger partial charge in [0.2, 0.25) is 11.8 Å². The van der Waals surface area contributed by atoms with Crippen LogP contribution in [0.1, 0.15) is 25.7 Å². The molecule has 3 N–H and O–H groups in total. The second kappa shape index (κ2) is 8.84. The van der Waals surface area contributed by atoms with E-state index in [1.165, 1.54) is 0 Å². The van der Waals surface area contributed by atoms with E-state index in [4.69, 9.17) is 17.3 Å². The minimum atomic E-state index is -0.0869. The molecule has 142 valence electrons. The van der Waals surface area contributed by atoms with Gasteiger partial charge in [-0.2, -0.15) is 0 Å². The summed E-state index contributed by atoms with van der Waals surface area (Å²) >= 11 is 6.07. The number of para-hydroxylation sites is 1. The van der Waals surface area contributed by atoms with Gasteiger partial charge in [0.15, 0.2) is 0 Å². The van der Waals surface area contributed by atoms with Crippen LogP contribution in [0.2, 0.25) is 5.02 Å². The number of nitrogens with one attached hydrogen (secondary N) is 1. The van der Waals surface area contributed by atoms with Gasteiger partial charge in [-0.25, -0.2) is 0 Å². The average molecular weight is 379 g/mol. The van der Waals surface area contributed by atoms with Gasteiger partial charge in [-0.05, 0) is 31.4 Å². The molecule has 0 aromatic heterocycles. The van der Waals surface area contributed by atoms with E-state index in [1.54, 1.807) is 12.1 Å². The highest BCUT2D eigenvalue weighted by Gasteiger charge is 2.31. The molecule has 26 heavy (non-hydrogen) atoms. The second-order valence-corrected chi connectivity index (χ2v) is 7.66. The number of anilines is 1. The van der Waals surface area contributed by atoms with Crippen molar-refractivity contribution in [1.29, 1.82) is 0 Å². The number of benzene rings is 1. The highest BCUT2D eigenvalue weighted by atomic mass is 35.5. The van der Waals surface area contributed by atoms with Crippen molar-refractivity contribution in [2.75, 3.05) is 38.0 Å². The van der Waals surface area contributed by atoms with E-state index in [0.717, 1.165) is 25.7 Å². The molecule has 1 aliphatic heterocycles. The Bertz CT molecular complexity index is 646. The number of piperazine rings is 1. The van der Waals surface area contributed by atoms with Crippen molar-refractivity contribution in [1.82, 2.24) is 9.80 Å². The number of nitrogens with zero attached hydrogens (tertiary/aromatic N) is 2. The molecule has 1 saturated heterocycles. The molecular formula is C19H27ClN4O2. The molecule has 6 nitrogen and oxygen atoms in total. The highest BCUT2D eigenvalue weighted by molar-refractivity contribution is 6.33. The number of rotatable bonds is 4. The lowest BCUT2D eigenvalue weighted by Gasteiger charge is -2.37. The minimum absolute atomic E-state index is 0.0776. The van der Waals surface area contributed by atoms with Crippen LogP contribution in [0.3, 0.4) is 0 Å². The fourth-order valence-corrected chi connectivity index (χ4v) is 3.97. The van der Waals surface area contributed by atoms with Crippen molar-refractivity contribution in [3.8, 4) is 0 Å². The molecule has 3 rings (SSSR count). The number of carbonyl (C=O) groups is 2. The first-order chi connectivity index (χ1) is 12.5. The molecular weight excluding hydrogens is 352 g/mol. The van der Waals surface area contributed by atoms with Gasteiger partial charge in [0.1, 0.15) is 0 Å². The van der Waals surface area contributed by atoms with Crippen LogP contribution in [0.5, 0.6) is 0 Å². The fourth-order valence-electron chi connectivity index (χ4n) is 3.79. The normalized spacial score (nSPS) is 24.3. The Labute approximate surface area is 159 Å². The van der Waals surface area contributed by atoms with E-state index in [2.05, 4.69) is 10.2 Å². The van der Waals surface area contributed by atoms with E-state index in [0.29, 0.717) is 43.4 Å². The van der Waals surface area contributed by atoms with Crippen molar-refractivity contribution in [2.45, 2.75) is 31.7 Å². The van der Waals surface area contributed by atoms with Crippen LogP contribution >= 0.6 is 11.6 Å². The molecule has 2 atom stereocenters. The summed E-state index contributed by atoms with van der Waals surface area (Å²) < 4.78 is 0. The van der Waals surface area contributed by atoms with Gasteiger partial charge in [-0.15, -0.1) is 0 Å². The largest absolute Gasteiger partial charge is 0.340 e. The smallest absolute Gasteiger partial charge is 0.238 e. The molecule has 1 aliphatic carbocycles. The molecule has 0 radical (unpaired) electrons. The Kier molecular flexibility index (Phi) is 6.51. The molecule has 1 aromatic carbocycles. The van der Waals surface area contributed by atoms with Crippen LogP contribution in [-0.4, -0.2) is 60.4 Å². The first-order valence-electron chi connectivity index (χ1n) is 9.34. The third kappa shape index (κ3) is 4.96. The lowest BCUT2D eigenvalue weighted by atomic mass is 9.85. The Morgan fingerprint density at radius 2 is 1.88 bits per heavy atom. The number of nitrogens with two attached hydrogens (primary N) is 1. The predicted molar refractivity (Wildman–Crippen MR) is 103 cm³/mol. The number of amides is 2. The van der Waals surface area contributed by atoms with Gasteiger partial charge < -0.3 is 16.0 Å². The molecule has 7 heteroatoms. The Morgan fingerprint density at radius 1 is 1.15 bits per heavy atom. The van der Waals surface area contributed by atoms with Crippen molar-refractivity contribution in [3.63, 3.8) is 0 Å². The summed E-state index contributed by atoms with van der Waals surface area (Å²) in [4.78, 5) is 28.9. The van der Waals surface area contributed by atoms with Crippen LogP contribution in [0, 0.1) is 5.92 Å². The molecule has 2 aliphatic rings. The summed E-state index contributed by atoms with van der Waals surface area (Å²) in [7, 11) is 0. The quantitative estimate of drug-likeness (QED) is 0.839. The lowest BCUT2D eigenvalue weighted by molar-refractivity contribution is -0.138. The molecule has 1 aromatic rings. The van der Waals surface area contributed by atoms with E-state index in [1.807, 2.05) is 17.0 Å². The van der Waals surface area contributed by atoms with Crippen LogP contribution in [0.15, 0.2) is 24.3 Å². The van der Waals surface area contributed by atoms with Crippen LogP contribution < -0.4 is 11.1 Å². The van der Waals surface area contributed by atoms with Gasteiger partial charge in [0, 0.05) is 38.1 Å². The minimum Gasteiger partial charge on any atom is -0.340 e. The second-order valence-electron chi connectivity index (χ2n) is 7.25. The first kappa shape index (κ1) is 19.1. The Morgan fingerprint density at radius 3 is 2.58 bits per heavy atom. The third-order valence-corrected chi connectivity index (χ3v) is 5.59. The Hall–Kier alpha value is -1.63. The van der Waals surface area contributed by atoms with E-state index in [9.17, 15) is 9.59 Å². The third-order valence-electron chi connectivity index (χ3n) is 5.26. The van der Waals surface area contributed by atoms with Crippen molar-refractivity contribution < 1.29 is 9.59 Å². The standard InChI is InChI=1S/C19H27ClN4O2/c20-16-6-1-2-7-17(16)22-18(25)13-23-8-10-24(11-9-23)19(26)14-4-3-5-15(21)12-14/h1-2,6-7,14-15H,3-5,8-13,21H2,(H,22,25). The molecule has 0 bridgehead atoms. The summed E-state index contributed by atoms with van der Waals surface area (Å²) in [6, 6.07) is 7.36. The maximum Gasteiger partial charge on any atom is 0.238 e. The van der Waals surface area contributed by atoms with Crippen LogP contribution in [-0.2, 0) is 9.59 Å². The maximum absolute atomic E-state index is 12.7. The Balaban J connectivity index is 1.44. The number of halogens is 1. The number of hydrogen-bond acceptors (Lipinski definition) is 4. The van der Waals surface area contributed by atoms with Crippen LogP contribution in [0.4, 0.5) is 5.69 Å². The lowest BCUT2D eigenvalue weighted by Crippen LogP contribution is -2.52. The van der Waals surface area contributed by atoms with E-state index >= 15 is 0 Å². The summed E-state index contributed by atoms with van der Waals surface area (Å²) in [5, 5.41) is 3.37. The van der Waals surface area contributed by atoms with Crippen molar-refractivity contribution in [2.24, 2.45) is 11.7 Å². The summed E-state index contributed by atoms with van der Waals surface area (Å²) in [6.45, 7) is 3.07. The number of hydrogen-bond donors (Lipinski definition) is 2. The zero-order chi connectivity index (χ0) is 18.5. The van der Waals surface area contributed by atoms with Crippen molar-refractivity contribution in [3.05, 3.63) is 29.3 Å². The molecule has 2 unspecified atom stereocenters. The zero-order valence-corrected chi connectivity index (χ0v) is 15.8. The monoisotopic (exact) mass is 378 g/mol. The maximum atomic E-state index is 12.7. The van der Waals surface area contributed by atoms with E-state index < -0.39 is 0 Å². The van der Waals surface area contributed by atoms with Gasteiger partial charge >= 0.3 is 0 Å². The molecule has 1 heterocycles.